The van der Waals surface area contributed by atoms with Crippen LogP contribution in [0.1, 0.15) is 67.1 Å². The summed E-state index contributed by atoms with van der Waals surface area (Å²) in [6.45, 7) is 6.91. The maximum atomic E-state index is 13.1. The van der Waals surface area contributed by atoms with Gasteiger partial charge in [-0.05, 0) is 24.8 Å². The van der Waals surface area contributed by atoms with Crippen LogP contribution in [-0.4, -0.2) is 42.0 Å². The van der Waals surface area contributed by atoms with E-state index in [-0.39, 0.29) is 12.1 Å². The number of amides is 2. The Morgan fingerprint density at radius 1 is 1.19 bits per heavy atom. The van der Waals surface area contributed by atoms with Crippen LogP contribution < -0.4 is 5.32 Å². The lowest BCUT2D eigenvalue weighted by atomic mass is 9.93. The summed E-state index contributed by atoms with van der Waals surface area (Å²) in [6, 6.07) is 10.3. The minimum absolute atomic E-state index is 0.00629. The highest BCUT2D eigenvalue weighted by Gasteiger charge is 2.30. The summed E-state index contributed by atoms with van der Waals surface area (Å²) >= 11 is 0. The van der Waals surface area contributed by atoms with E-state index in [1.807, 2.05) is 17.2 Å². The van der Waals surface area contributed by atoms with Gasteiger partial charge >= 0.3 is 6.03 Å². The number of urea groups is 1. The molecule has 3 heterocycles. The fourth-order valence-corrected chi connectivity index (χ4v) is 4.68. The lowest BCUT2D eigenvalue weighted by molar-refractivity contribution is 0.176. The number of hydrogen-bond acceptors (Lipinski definition) is 4. The van der Waals surface area contributed by atoms with Crippen molar-refractivity contribution in [2.75, 3.05) is 6.54 Å². The molecule has 0 fully saturated rings. The van der Waals surface area contributed by atoms with Gasteiger partial charge in [0.1, 0.15) is 5.82 Å². The van der Waals surface area contributed by atoms with Gasteiger partial charge in [0, 0.05) is 30.3 Å². The predicted octanol–water partition coefficient (Wildman–Crippen LogP) is 3.25. The van der Waals surface area contributed by atoms with E-state index < -0.39 is 0 Å². The smallest absolute Gasteiger partial charge is 0.318 e. The van der Waals surface area contributed by atoms with E-state index >= 15 is 0 Å². The summed E-state index contributed by atoms with van der Waals surface area (Å²) in [6.07, 6.45) is 4.92. The van der Waals surface area contributed by atoms with E-state index in [2.05, 4.69) is 68.0 Å². The number of hydrogen-bond donors (Lipinski definition) is 1. The third-order valence-electron chi connectivity index (χ3n) is 6.32. The summed E-state index contributed by atoms with van der Waals surface area (Å²) in [7, 11) is 0. The number of nitrogens with zero attached hydrogens (tertiary/aromatic N) is 6. The molecule has 0 saturated carbocycles. The van der Waals surface area contributed by atoms with Crippen LogP contribution in [0.15, 0.2) is 36.5 Å². The number of rotatable bonds is 4. The van der Waals surface area contributed by atoms with Crippen LogP contribution in [-0.2, 0) is 26.1 Å². The molecule has 0 spiro atoms. The van der Waals surface area contributed by atoms with E-state index in [0.717, 1.165) is 49.6 Å². The first-order valence-electron chi connectivity index (χ1n) is 11.2. The van der Waals surface area contributed by atoms with Gasteiger partial charge in [-0.3, -0.25) is 4.68 Å². The number of benzene rings is 1. The molecule has 3 aromatic rings. The topological polar surface area (TPSA) is 80.9 Å². The van der Waals surface area contributed by atoms with Crippen LogP contribution in [0, 0.1) is 0 Å². The van der Waals surface area contributed by atoms with E-state index in [9.17, 15) is 4.79 Å². The summed E-state index contributed by atoms with van der Waals surface area (Å²) < 4.78 is 4.24. The molecule has 2 aliphatic rings. The Morgan fingerprint density at radius 3 is 2.84 bits per heavy atom. The van der Waals surface area contributed by atoms with E-state index in [1.54, 1.807) is 0 Å². The van der Waals surface area contributed by atoms with Crippen LogP contribution in [0.25, 0.3) is 0 Å². The number of aromatic nitrogens is 5. The van der Waals surface area contributed by atoms with Crippen molar-refractivity contribution < 1.29 is 4.79 Å². The standard InChI is InChI=1S/C23H29N7O/c1-16(2)22-27-26-21-15-28(11-12-29(21)22)23(31)25-19-9-6-10-20-18(19)13-24-30(20)14-17-7-4-3-5-8-17/h3-5,7-8,13,16,19H,6,9-12,14-15H2,1-2H3,(H,25,31). The van der Waals surface area contributed by atoms with Gasteiger partial charge in [0.25, 0.3) is 0 Å². The van der Waals surface area contributed by atoms with Crippen molar-refractivity contribution in [1.29, 1.82) is 0 Å². The van der Waals surface area contributed by atoms with Crippen molar-refractivity contribution >= 4 is 6.03 Å². The molecule has 0 radical (unpaired) electrons. The number of carbonyl (C=O) groups is 1. The normalized spacial score (nSPS) is 18.0. The van der Waals surface area contributed by atoms with Crippen LogP contribution in [0.5, 0.6) is 0 Å². The molecule has 5 rings (SSSR count). The van der Waals surface area contributed by atoms with Gasteiger partial charge in [-0.1, -0.05) is 44.2 Å². The molecule has 2 aromatic heterocycles. The van der Waals surface area contributed by atoms with Crippen molar-refractivity contribution in [2.45, 2.75) is 64.7 Å². The molecule has 8 heteroatoms. The Balaban J connectivity index is 1.28. The highest BCUT2D eigenvalue weighted by Crippen LogP contribution is 2.30. The highest BCUT2D eigenvalue weighted by molar-refractivity contribution is 5.75. The Hall–Kier alpha value is -3.16. The molecule has 0 saturated heterocycles. The molecule has 8 nitrogen and oxygen atoms in total. The molecular weight excluding hydrogens is 390 g/mol. The molecule has 2 amide bonds. The van der Waals surface area contributed by atoms with E-state index in [1.165, 1.54) is 11.3 Å². The SMILES string of the molecule is CC(C)c1nnc2n1CCN(C(=O)NC1CCCc3c1cnn3Cc1ccccc1)C2. The fraction of sp³-hybridized carbons (Fsp3) is 0.478. The number of fused-ring (bicyclic) bond motifs is 2. The molecule has 31 heavy (non-hydrogen) atoms. The van der Waals surface area contributed by atoms with Gasteiger partial charge < -0.3 is 14.8 Å². The van der Waals surface area contributed by atoms with Gasteiger partial charge in [-0.15, -0.1) is 10.2 Å². The third kappa shape index (κ3) is 3.82. The third-order valence-corrected chi connectivity index (χ3v) is 6.32. The first-order valence-corrected chi connectivity index (χ1v) is 11.2. The zero-order chi connectivity index (χ0) is 21.4. The second-order valence-electron chi connectivity index (χ2n) is 8.79. The minimum atomic E-state index is -0.0333. The average molecular weight is 420 g/mol. The summed E-state index contributed by atoms with van der Waals surface area (Å²) in [5, 5.41) is 16.5. The number of nitrogens with one attached hydrogen (secondary N) is 1. The lowest BCUT2D eigenvalue weighted by Crippen LogP contribution is -2.46. The van der Waals surface area contributed by atoms with Crippen molar-refractivity contribution in [1.82, 2.24) is 34.8 Å². The number of carbonyl (C=O) groups excluding carboxylic acids is 1. The van der Waals surface area contributed by atoms with E-state index in [4.69, 9.17) is 0 Å². The molecule has 1 aliphatic heterocycles. The van der Waals surface area contributed by atoms with Crippen molar-refractivity contribution in [2.24, 2.45) is 0 Å². The van der Waals surface area contributed by atoms with Crippen LogP contribution in [0.3, 0.4) is 0 Å². The molecule has 1 aromatic carbocycles. The second-order valence-corrected chi connectivity index (χ2v) is 8.79. The molecular formula is C23H29N7O. The van der Waals surface area contributed by atoms with E-state index in [0.29, 0.717) is 19.0 Å². The maximum absolute atomic E-state index is 13.1. The molecule has 1 atom stereocenters. The Morgan fingerprint density at radius 2 is 2.03 bits per heavy atom. The first kappa shape index (κ1) is 19.8. The first-order chi connectivity index (χ1) is 15.1. The van der Waals surface area contributed by atoms with Crippen molar-refractivity contribution in [3.63, 3.8) is 0 Å². The van der Waals surface area contributed by atoms with Gasteiger partial charge in [0.2, 0.25) is 0 Å². The van der Waals surface area contributed by atoms with Gasteiger partial charge in [-0.25, -0.2) is 4.79 Å². The summed E-state index contributed by atoms with van der Waals surface area (Å²) in [5.41, 5.74) is 3.62. The molecule has 162 valence electrons. The monoisotopic (exact) mass is 419 g/mol. The van der Waals surface area contributed by atoms with Gasteiger partial charge in [0.05, 0.1) is 25.3 Å². The maximum Gasteiger partial charge on any atom is 0.318 e. The molecule has 1 unspecified atom stereocenters. The second kappa shape index (κ2) is 8.17. The zero-order valence-electron chi connectivity index (χ0n) is 18.2. The van der Waals surface area contributed by atoms with Crippen LogP contribution >= 0.6 is 0 Å². The Kier molecular flexibility index (Phi) is 5.21. The average Bonchev–Trinajstić information content (AvgIpc) is 3.39. The van der Waals surface area contributed by atoms with Gasteiger partial charge in [0.15, 0.2) is 5.82 Å². The minimum Gasteiger partial charge on any atom is -0.331 e. The Bertz CT molecular complexity index is 1070. The molecule has 0 bridgehead atoms. The van der Waals surface area contributed by atoms with Crippen LogP contribution in [0.2, 0.25) is 0 Å². The highest BCUT2D eigenvalue weighted by atomic mass is 16.2. The Labute approximate surface area is 182 Å². The fourth-order valence-electron chi connectivity index (χ4n) is 4.68. The zero-order valence-corrected chi connectivity index (χ0v) is 18.2. The largest absolute Gasteiger partial charge is 0.331 e. The van der Waals surface area contributed by atoms with Crippen molar-refractivity contribution in [3.05, 3.63) is 65.0 Å². The molecule has 1 N–H and O–H groups in total. The van der Waals surface area contributed by atoms with Crippen molar-refractivity contribution in [3.8, 4) is 0 Å². The summed E-state index contributed by atoms with van der Waals surface area (Å²) in [5.74, 6) is 2.19. The van der Waals surface area contributed by atoms with Crippen LogP contribution in [0.4, 0.5) is 4.79 Å². The quantitative estimate of drug-likeness (QED) is 0.704. The predicted molar refractivity (Wildman–Crippen MR) is 117 cm³/mol. The lowest BCUT2D eigenvalue weighted by Gasteiger charge is -2.31. The summed E-state index contributed by atoms with van der Waals surface area (Å²) in [4.78, 5) is 14.9. The molecule has 1 aliphatic carbocycles. The van der Waals surface area contributed by atoms with Gasteiger partial charge in [-0.2, -0.15) is 5.10 Å².